The molecule has 2 fully saturated rings. The molecule has 1 N–H and O–H groups in total. The summed E-state index contributed by atoms with van der Waals surface area (Å²) in [5.74, 6) is -1.45. The molecule has 5 rings (SSSR count). The lowest BCUT2D eigenvalue weighted by Crippen LogP contribution is -2.42. The maximum absolute atomic E-state index is 13.4. The second-order valence-corrected chi connectivity index (χ2v) is 9.02. The third-order valence-electron chi connectivity index (χ3n) is 6.93. The molecule has 0 radical (unpaired) electrons. The molecule has 0 bridgehead atoms. The van der Waals surface area contributed by atoms with Gasteiger partial charge in [0.25, 0.3) is 11.7 Å². The highest BCUT2D eigenvalue weighted by Crippen LogP contribution is 2.40. The number of ether oxygens (including phenoxy) is 1. The van der Waals surface area contributed by atoms with Crippen LogP contribution >= 0.6 is 0 Å². The minimum Gasteiger partial charge on any atom is -0.505 e. The van der Waals surface area contributed by atoms with Gasteiger partial charge in [0.1, 0.15) is 11.3 Å². The first-order valence-corrected chi connectivity index (χ1v) is 12.1. The van der Waals surface area contributed by atoms with Gasteiger partial charge in [0.15, 0.2) is 5.76 Å². The van der Waals surface area contributed by atoms with Crippen LogP contribution in [0.2, 0.25) is 0 Å². The van der Waals surface area contributed by atoms with Gasteiger partial charge < -0.3 is 14.7 Å². The van der Waals surface area contributed by atoms with E-state index in [4.69, 9.17) is 4.74 Å². The Bertz CT molecular complexity index is 1290. The van der Waals surface area contributed by atoms with Crippen LogP contribution < -0.4 is 0 Å². The van der Waals surface area contributed by atoms with E-state index >= 15 is 0 Å². The van der Waals surface area contributed by atoms with Crippen LogP contribution in [-0.2, 0) is 20.7 Å². The number of carbonyl (C=O) groups is 2. The monoisotopic (exact) mass is 474 g/mol. The van der Waals surface area contributed by atoms with Crippen molar-refractivity contribution in [3.05, 3.63) is 76.7 Å². The zero-order chi connectivity index (χ0) is 24.5. The van der Waals surface area contributed by atoms with Gasteiger partial charge in [-0.05, 0) is 36.6 Å². The number of aliphatic hydroxyl groups is 1. The number of aromatic nitrogens is 2. The van der Waals surface area contributed by atoms with Gasteiger partial charge in [-0.1, -0.05) is 37.3 Å². The topological polar surface area (TPSA) is 87.4 Å². The van der Waals surface area contributed by atoms with E-state index in [9.17, 15) is 14.7 Å². The molecular formula is C27H30N4O4. The molecule has 3 aromatic rings. The zero-order valence-electron chi connectivity index (χ0n) is 20.1. The van der Waals surface area contributed by atoms with Crippen molar-refractivity contribution in [3.63, 3.8) is 0 Å². The van der Waals surface area contributed by atoms with Gasteiger partial charge in [0.05, 0.1) is 30.5 Å². The number of hydrogen-bond donors (Lipinski definition) is 1. The first-order chi connectivity index (χ1) is 17.0. The Kier molecular flexibility index (Phi) is 6.40. The summed E-state index contributed by atoms with van der Waals surface area (Å²) in [4.78, 5) is 35.0. The second-order valence-electron chi connectivity index (χ2n) is 9.02. The number of benzene rings is 1. The first kappa shape index (κ1) is 23.3. The smallest absolute Gasteiger partial charge is 0.295 e. The molecular weight excluding hydrogens is 444 g/mol. The number of Topliss-reactive ketones (excluding diaryl/α,β-unsaturated/α-hetero) is 1. The van der Waals surface area contributed by atoms with Gasteiger partial charge in [0, 0.05) is 32.4 Å². The summed E-state index contributed by atoms with van der Waals surface area (Å²) in [5.41, 5.74) is 3.76. The van der Waals surface area contributed by atoms with Crippen molar-refractivity contribution in [3.8, 4) is 0 Å². The van der Waals surface area contributed by atoms with Crippen molar-refractivity contribution in [1.82, 2.24) is 19.2 Å². The molecule has 35 heavy (non-hydrogen) atoms. The van der Waals surface area contributed by atoms with Gasteiger partial charge in [-0.15, -0.1) is 0 Å². The molecule has 182 valence electrons. The first-order valence-electron chi connectivity index (χ1n) is 12.1. The normalized spacial score (nSPS) is 20.7. The predicted octanol–water partition coefficient (Wildman–Crippen LogP) is 2.96. The number of morpholine rings is 1. The Morgan fingerprint density at radius 1 is 1.09 bits per heavy atom. The quantitative estimate of drug-likeness (QED) is 0.336. The number of imidazole rings is 1. The van der Waals surface area contributed by atoms with Gasteiger partial charge in [0.2, 0.25) is 0 Å². The van der Waals surface area contributed by atoms with Crippen LogP contribution in [0.1, 0.15) is 35.5 Å². The summed E-state index contributed by atoms with van der Waals surface area (Å²) >= 11 is 0. The van der Waals surface area contributed by atoms with Crippen LogP contribution in [0.3, 0.4) is 0 Å². The fourth-order valence-corrected chi connectivity index (χ4v) is 4.99. The number of likely N-dealkylation sites (tertiary alicyclic amines) is 1. The molecule has 2 saturated heterocycles. The lowest BCUT2D eigenvalue weighted by molar-refractivity contribution is -0.140. The molecule has 2 aromatic heterocycles. The fourth-order valence-electron chi connectivity index (χ4n) is 4.99. The van der Waals surface area contributed by atoms with E-state index in [0.717, 1.165) is 30.6 Å². The number of ketones is 1. The Balaban J connectivity index is 1.60. The molecule has 2 aliphatic heterocycles. The number of hydrogen-bond acceptors (Lipinski definition) is 6. The van der Waals surface area contributed by atoms with Crippen molar-refractivity contribution in [2.45, 2.75) is 26.3 Å². The Hall–Kier alpha value is -3.49. The van der Waals surface area contributed by atoms with Gasteiger partial charge >= 0.3 is 0 Å². The maximum Gasteiger partial charge on any atom is 0.295 e. The third-order valence-corrected chi connectivity index (χ3v) is 6.93. The molecule has 0 saturated carbocycles. The van der Waals surface area contributed by atoms with E-state index in [1.54, 1.807) is 22.4 Å². The van der Waals surface area contributed by atoms with Crippen LogP contribution in [0, 0.1) is 6.92 Å². The molecule has 8 heteroatoms. The maximum atomic E-state index is 13.4. The van der Waals surface area contributed by atoms with Crippen molar-refractivity contribution < 1.29 is 19.4 Å². The van der Waals surface area contributed by atoms with Crippen molar-refractivity contribution >= 4 is 23.1 Å². The summed E-state index contributed by atoms with van der Waals surface area (Å²) in [6.45, 7) is 7.80. The van der Waals surface area contributed by atoms with Crippen molar-refractivity contribution in [1.29, 1.82) is 0 Å². The third kappa shape index (κ3) is 4.24. The summed E-state index contributed by atoms with van der Waals surface area (Å²) in [6, 6.07) is 12.8. The van der Waals surface area contributed by atoms with Crippen molar-refractivity contribution in [2.24, 2.45) is 0 Å². The average molecular weight is 475 g/mol. The number of amides is 1. The molecule has 1 amide bonds. The Morgan fingerprint density at radius 2 is 1.83 bits per heavy atom. The minimum absolute atomic E-state index is 0.106. The predicted molar refractivity (Wildman–Crippen MR) is 132 cm³/mol. The van der Waals surface area contributed by atoms with Gasteiger partial charge in [-0.25, -0.2) is 4.98 Å². The van der Waals surface area contributed by atoms with Crippen LogP contribution in [0.4, 0.5) is 0 Å². The van der Waals surface area contributed by atoms with Crippen molar-refractivity contribution in [2.75, 3.05) is 39.4 Å². The molecule has 0 aliphatic carbocycles. The lowest BCUT2D eigenvalue weighted by Gasteiger charge is -2.31. The van der Waals surface area contributed by atoms with Crippen LogP contribution in [0.15, 0.2) is 54.2 Å². The lowest BCUT2D eigenvalue weighted by atomic mass is 9.95. The molecule has 1 unspecified atom stereocenters. The molecule has 0 spiro atoms. The van der Waals surface area contributed by atoms with Crippen LogP contribution in [0.25, 0.3) is 11.4 Å². The highest BCUT2D eigenvalue weighted by atomic mass is 16.5. The fraction of sp³-hybridized carbons (Fsp3) is 0.370. The van der Waals surface area contributed by atoms with E-state index in [0.29, 0.717) is 43.3 Å². The number of aliphatic hydroxyl groups excluding tert-OH is 1. The summed E-state index contributed by atoms with van der Waals surface area (Å²) in [5, 5.41) is 11.5. The summed E-state index contributed by atoms with van der Waals surface area (Å²) in [7, 11) is 0. The zero-order valence-corrected chi connectivity index (χ0v) is 20.1. The van der Waals surface area contributed by atoms with E-state index < -0.39 is 17.7 Å². The number of pyridine rings is 1. The van der Waals surface area contributed by atoms with E-state index in [1.807, 2.05) is 42.5 Å². The number of fused-ring (bicyclic) bond motifs is 1. The standard InChI is InChI=1S/C27H30N4O4/c1-3-19-7-9-20(10-8-19)24-22(25(32)23-18(2)28-21-6-4-5-11-30(21)23)26(33)27(34)31(24)13-12-29-14-16-35-17-15-29/h4-11,24,32H,3,12-17H2,1-2H3. The number of carbonyl (C=O) groups excluding carboxylic acids is 2. The molecule has 8 nitrogen and oxygen atoms in total. The SMILES string of the molecule is CCc1ccc(C2C(=C(O)c3c(C)nc4ccccn34)C(=O)C(=O)N2CCN2CCOCC2)cc1. The van der Waals surface area contributed by atoms with Crippen LogP contribution in [0.5, 0.6) is 0 Å². The minimum atomic E-state index is -0.671. The van der Waals surface area contributed by atoms with Gasteiger partial charge in [-0.2, -0.15) is 0 Å². The highest BCUT2D eigenvalue weighted by molar-refractivity contribution is 6.46. The number of rotatable bonds is 6. The number of nitrogens with zero attached hydrogens (tertiary/aromatic N) is 4. The summed E-state index contributed by atoms with van der Waals surface area (Å²) in [6.07, 6.45) is 2.68. The van der Waals surface area contributed by atoms with E-state index in [-0.39, 0.29) is 11.3 Å². The Morgan fingerprint density at radius 3 is 2.54 bits per heavy atom. The Labute approximate surface area is 204 Å². The van der Waals surface area contributed by atoms with Crippen LogP contribution in [-0.4, -0.2) is 75.4 Å². The molecule has 1 aromatic carbocycles. The average Bonchev–Trinajstić information content (AvgIpc) is 3.35. The highest BCUT2D eigenvalue weighted by Gasteiger charge is 2.46. The molecule has 4 heterocycles. The molecule has 2 aliphatic rings. The van der Waals surface area contributed by atoms with E-state index in [1.165, 1.54) is 0 Å². The second kappa shape index (κ2) is 9.64. The van der Waals surface area contributed by atoms with Gasteiger partial charge in [-0.3, -0.25) is 18.9 Å². The van der Waals surface area contributed by atoms with E-state index in [2.05, 4.69) is 16.8 Å². The number of aryl methyl sites for hydroxylation is 2. The summed E-state index contributed by atoms with van der Waals surface area (Å²) < 4.78 is 7.19. The molecule has 1 atom stereocenters. The largest absolute Gasteiger partial charge is 0.505 e.